The van der Waals surface area contributed by atoms with E-state index in [4.69, 9.17) is 14.2 Å². The van der Waals surface area contributed by atoms with Crippen LogP contribution in [0, 0.1) is 5.92 Å². The van der Waals surface area contributed by atoms with Crippen LogP contribution in [-0.2, 0) is 16.6 Å². The van der Waals surface area contributed by atoms with Crippen molar-refractivity contribution in [2.45, 2.75) is 12.5 Å². The van der Waals surface area contributed by atoms with Gasteiger partial charge >= 0.3 is 0 Å². The standard InChI is InChI=1S/C25H26N4O5/c1-28-10-9-26-24(28)23(16-3-6-19(32-2)7-4-16)27-25(31)17-13-22(30)29(15-17)18-5-8-20-21(14-18)34-12-11-33-20/h3-10,14,17,23H,11-13,15H2,1-2H3,(H,27,31). The summed E-state index contributed by atoms with van der Waals surface area (Å²) in [7, 11) is 3.49. The summed E-state index contributed by atoms with van der Waals surface area (Å²) in [5.74, 6) is 1.91. The number of aryl methyl sites for hydroxylation is 1. The molecular formula is C25H26N4O5. The molecule has 1 aromatic heterocycles. The van der Waals surface area contributed by atoms with E-state index in [1.807, 2.05) is 48.1 Å². The van der Waals surface area contributed by atoms with E-state index in [9.17, 15) is 9.59 Å². The van der Waals surface area contributed by atoms with Crippen LogP contribution in [0.1, 0.15) is 23.9 Å². The van der Waals surface area contributed by atoms with E-state index < -0.39 is 12.0 Å². The third kappa shape index (κ3) is 4.16. The number of anilines is 1. The summed E-state index contributed by atoms with van der Waals surface area (Å²) in [6, 6.07) is 12.4. The van der Waals surface area contributed by atoms with E-state index >= 15 is 0 Å². The van der Waals surface area contributed by atoms with Gasteiger partial charge in [-0.15, -0.1) is 0 Å². The van der Waals surface area contributed by atoms with Gasteiger partial charge in [-0.2, -0.15) is 0 Å². The fraction of sp³-hybridized carbons (Fsp3) is 0.320. The predicted octanol–water partition coefficient (Wildman–Crippen LogP) is 2.46. The molecule has 0 saturated carbocycles. The minimum Gasteiger partial charge on any atom is -0.497 e. The molecule has 9 heteroatoms. The molecule has 176 valence electrons. The molecule has 0 spiro atoms. The summed E-state index contributed by atoms with van der Waals surface area (Å²) in [4.78, 5) is 32.2. The lowest BCUT2D eigenvalue weighted by molar-refractivity contribution is -0.126. The lowest BCUT2D eigenvalue weighted by Gasteiger charge is -2.23. The van der Waals surface area contributed by atoms with Gasteiger partial charge in [-0.3, -0.25) is 9.59 Å². The molecule has 2 unspecified atom stereocenters. The van der Waals surface area contributed by atoms with E-state index in [1.54, 1.807) is 30.3 Å². The normalized spacial score (nSPS) is 18.0. The second-order valence-corrected chi connectivity index (χ2v) is 8.34. The molecule has 1 fully saturated rings. The fourth-order valence-electron chi connectivity index (χ4n) is 4.34. The van der Waals surface area contributed by atoms with Crippen molar-refractivity contribution in [1.29, 1.82) is 0 Å². The Bertz CT molecular complexity index is 1210. The molecule has 3 aromatic rings. The number of nitrogens with zero attached hydrogens (tertiary/aromatic N) is 3. The van der Waals surface area contributed by atoms with Gasteiger partial charge in [0.2, 0.25) is 11.8 Å². The maximum absolute atomic E-state index is 13.3. The summed E-state index contributed by atoms with van der Waals surface area (Å²) in [5.41, 5.74) is 1.57. The second kappa shape index (κ2) is 9.09. The fourth-order valence-corrected chi connectivity index (χ4v) is 4.34. The van der Waals surface area contributed by atoms with Crippen LogP contribution >= 0.6 is 0 Å². The molecular weight excluding hydrogens is 436 g/mol. The Morgan fingerprint density at radius 2 is 1.91 bits per heavy atom. The van der Waals surface area contributed by atoms with Gasteiger partial charge < -0.3 is 29.0 Å². The van der Waals surface area contributed by atoms with Crippen molar-refractivity contribution < 1.29 is 23.8 Å². The second-order valence-electron chi connectivity index (χ2n) is 8.34. The highest BCUT2D eigenvalue weighted by Gasteiger charge is 2.37. The first-order chi connectivity index (χ1) is 16.5. The molecule has 1 N–H and O–H groups in total. The monoisotopic (exact) mass is 462 g/mol. The van der Waals surface area contributed by atoms with Crippen LogP contribution in [0.5, 0.6) is 17.2 Å². The lowest BCUT2D eigenvalue weighted by atomic mass is 10.0. The maximum atomic E-state index is 13.3. The smallest absolute Gasteiger partial charge is 0.227 e. The van der Waals surface area contributed by atoms with Crippen molar-refractivity contribution in [2.24, 2.45) is 13.0 Å². The van der Waals surface area contributed by atoms with Crippen molar-refractivity contribution in [1.82, 2.24) is 14.9 Å². The molecule has 9 nitrogen and oxygen atoms in total. The number of benzene rings is 2. The van der Waals surface area contributed by atoms with Gasteiger partial charge in [0.25, 0.3) is 0 Å². The van der Waals surface area contributed by atoms with Crippen LogP contribution in [0.4, 0.5) is 5.69 Å². The molecule has 2 aromatic carbocycles. The number of ether oxygens (including phenoxy) is 3. The Hall–Kier alpha value is -4.01. The first-order valence-corrected chi connectivity index (χ1v) is 11.1. The summed E-state index contributed by atoms with van der Waals surface area (Å²) in [6.45, 7) is 1.26. The Morgan fingerprint density at radius 1 is 1.15 bits per heavy atom. The van der Waals surface area contributed by atoms with Gasteiger partial charge in [0.15, 0.2) is 11.5 Å². The van der Waals surface area contributed by atoms with Crippen LogP contribution in [0.15, 0.2) is 54.9 Å². The Balaban J connectivity index is 1.34. The summed E-state index contributed by atoms with van der Waals surface area (Å²) >= 11 is 0. The Labute approximate surface area is 197 Å². The summed E-state index contributed by atoms with van der Waals surface area (Å²) in [6.07, 6.45) is 3.66. The van der Waals surface area contributed by atoms with E-state index in [0.717, 1.165) is 11.3 Å². The number of fused-ring (bicyclic) bond motifs is 1. The highest BCUT2D eigenvalue weighted by atomic mass is 16.6. The van der Waals surface area contributed by atoms with Gasteiger partial charge in [0.05, 0.1) is 13.0 Å². The molecule has 5 rings (SSSR count). The SMILES string of the molecule is COc1ccc(C(NC(=O)C2CC(=O)N(c3ccc4c(c3)OCCO4)C2)c2nccn2C)cc1. The third-order valence-electron chi connectivity index (χ3n) is 6.19. The number of imidazole rings is 1. The van der Waals surface area contributed by atoms with Gasteiger partial charge in [0, 0.05) is 44.2 Å². The number of rotatable bonds is 6. The predicted molar refractivity (Wildman–Crippen MR) is 124 cm³/mol. The molecule has 3 heterocycles. The topological polar surface area (TPSA) is 94.9 Å². The third-order valence-corrected chi connectivity index (χ3v) is 6.19. The minimum atomic E-state index is -0.485. The zero-order valence-corrected chi connectivity index (χ0v) is 19.1. The summed E-state index contributed by atoms with van der Waals surface area (Å²) < 4.78 is 18.3. The highest BCUT2D eigenvalue weighted by Crippen LogP contribution is 2.36. The first kappa shape index (κ1) is 21.8. The number of methoxy groups -OCH3 is 1. The van der Waals surface area contributed by atoms with Crippen molar-refractivity contribution in [3.8, 4) is 17.2 Å². The van der Waals surface area contributed by atoms with Crippen molar-refractivity contribution in [2.75, 3.05) is 31.8 Å². The number of nitrogens with one attached hydrogen (secondary N) is 1. The van der Waals surface area contributed by atoms with Crippen LogP contribution in [0.25, 0.3) is 0 Å². The van der Waals surface area contributed by atoms with Crippen molar-refractivity contribution >= 4 is 17.5 Å². The first-order valence-electron chi connectivity index (χ1n) is 11.1. The molecule has 2 aliphatic heterocycles. The Kier molecular flexibility index (Phi) is 5.83. The number of hydrogen-bond acceptors (Lipinski definition) is 6. The highest BCUT2D eigenvalue weighted by molar-refractivity contribution is 6.00. The number of hydrogen-bond donors (Lipinski definition) is 1. The van der Waals surface area contributed by atoms with E-state index in [0.29, 0.717) is 42.8 Å². The number of aromatic nitrogens is 2. The van der Waals surface area contributed by atoms with Crippen LogP contribution in [-0.4, -0.2) is 48.2 Å². The van der Waals surface area contributed by atoms with Gasteiger partial charge in [-0.1, -0.05) is 12.1 Å². The average Bonchev–Trinajstić information content (AvgIpc) is 3.47. The molecule has 0 radical (unpaired) electrons. The molecule has 0 aliphatic carbocycles. The molecule has 1 saturated heterocycles. The van der Waals surface area contributed by atoms with Gasteiger partial charge in [-0.25, -0.2) is 4.98 Å². The molecule has 0 bridgehead atoms. The quantitative estimate of drug-likeness (QED) is 0.605. The van der Waals surface area contributed by atoms with Crippen LogP contribution in [0.3, 0.4) is 0 Å². The molecule has 34 heavy (non-hydrogen) atoms. The molecule has 2 aliphatic rings. The van der Waals surface area contributed by atoms with Crippen molar-refractivity contribution in [3.05, 3.63) is 66.2 Å². The number of amides is 2. The van der Waals surface area contributed by atoms with Gasteiger partial charge in [-0.05, 0) is 29.8 Å². The minimum absolute atomic E-state index is 0.102. The van der Waals surface area contributed by atoms with E-state index in [-0.39, 0.29) is 18.2 Å². The van der Waals surface area contributed by atoms with Crippen molar-refractivity contribution in [3.63, 3.8) is 0 Å². The van der Waals surface area contributed by atoms with Gasteiger partial charge in [0.1, 0.15) is 30.8 Å². The molecule has 2 atom stereocenters. The number of carbonyl (C=O) groups excluding carboxylic acids is 2. The maximum Gasteiger partial charge on any atom is 0.227 e. The average molecular weight is 463 g/mol. The zero-order valence-electron chi connectivity index (χ0n) is 19.1. The lowest BCUT2D eigenvalue weighted by Crippen LogP contribution is -2.37. The summed E-state index contributed by atoms with van der Waals surface area (Å²) in [5, 5.41) is 3.11. The largest absolute Gasteiger partial charge is 0.497 e. The number of carbonyl (C=O) groups is 2. The Morgan fingerprint density at radius 3 is 2.62 bits per heavy atom. The van der Waals surface area contributed by atoms with E-state index in [1.165, 1.54) is 0 Å². The molecule has 2 amide bonds. The van der Waals surface area contributed by atoms with E-state index in [2.05, 4.69) is 10.3 Å². The van der Waals surface area contributed by atoms with Crippen LogP contribution < -0.4 is 24.4 Å². The van der Waals surface area contributed by atoms with Crippen LogP contribution in [0.2, 0.25) is 0 Å². The zero-order chi connectivity index (χ0) is 23.7.